The molecule has 3 heteroatoms. The summed E-state index contributed by atoms with van der Waals surface area (Å²) in [5.41, 5.74) is 0.610. The highest BCUT2D eigenvalue weighted by Gasteiger charge is 2.06. The Morgan fingerprint density at radius 3 is 2.76 bits per heavy atom. The number of benzene rings is 1. The van der Waals surface area contributed by atoms with Gasteiger partial charge in [0.15, 0.2) is 5.78 Å². The standard InChI is InChI=1S/C14H18O3/c1-3-4-9-16-10-11-17-14-8-6-5-7-13(14)12(2)15/h3,5-8H,1,4,9-11H2,2H3. The molecule has 0 amide bonds. The van der Waals surface area contributed by atoms with Crippen molar-refractivity contribution >= 4 is 5.78 Å². The van der Waals surface area contributed by atoms with Crippen LogP contribution < -0.4 is 4.74 Å². The molecule has 0 aromatic heterocycles. The molecule has 0 heterocycles. The molecule has 1 aromatic rings. The Balaban J connectivity index is 2.36. The van der Waals surface area contributed by atoms with Gasteiger partial charge in [0.1, 0.15) is 12.4 Å². The first-order chi connectivity index (χ1) is 8.25. The number of carbonyl (C=O) groups excluding carboxylic acids is 1. The molecule has 0 aliphatic rings. The summed E-state index contributed by atoms with van der Waals surface area (Å²) in [6.45, 7) is 6.75. The molecule has 0 bridgehead atoms. The van der Waals surface area contributed by atoms with Gasteiger partial charge in [-0.15, -0.1) is 6.58 Å². The van der Waals surface area contributed by atoms with Gasteiger partial charge in [0.25, 0.3) is 0 Å². The lowest BCUT2D eigenvalue weighted by Gasteiger charge is -2.09. The zero-order chi connectivity index (χ0) is 12.5. The Bertz CT molecular complexity index is 371. The highest BCUT2D eigenvalue weighted by atomic mass is 16.5. The van der Waals surface area contributed by atoms with Crippen molar-refractivity contribution < 1.29 is 14.3 Å². The van der Waals surface area contributed by atoms with Crippen molar-refractivity contribution in [3.8, 4) is 5.75 Å². The summed E-state index contributed by atoms with van der Waals surface area (Å²) < 4.78 is 10.8. The third-order valence-electron chi connectivity index (χ3n) is 2.22. The average Bonchev–Trinajstić information content (AvgIpc) is 2.34. The van der Waals surface area contributed by atoms with Crippen molar-refractivity contribution in [3.05, 3.63) is 42.5 Å². The van der Waals surface area contributed by atoms with Gasteiger partial charge in [-0.3, -0.25) is 4.79 Å². The summed E-state index contributed by atoms with van der Waals surface area (Å²) >= 11 is 0. The van der Waals surface area contributed by atoms with Crippen LogP contribution in [0.15, 0.2) is 36.9 Å². The van der Waals surface area contributed by atoms with Crippen molar-refractivity contribution in [1.29, 1.82) is 0 Å². The average molecular weight is 234 g/mol. The molecule has 1 aromatic carbocycles. The molecule has 0 N–H and O–H groups in total. The van der Waals surface area contributed by atoms with E-state index in [4.69, 9.17) is 9.47 Å². The Labute approximate surface area is 102 Å². The van der Waals surface area contributed by atoms with E-state index in [9.17, 15) is 4.79 Å². The fourth-order valence-electron chi connectivity index (χ4n) is 1.36. The van der Waals surface area contributed by atoms with Gasteiger partial charge in [-0.1, -0.05) is 18.2 Å². The molecule has 0 radical (unpaired) electrons. The zero-order valence-corrected chi connectivity index (χ0v) is 10.1. The number of Topliss-reactive ketones (excluding diaryl/α,β-unsaturated/α-hetero) is 1. The van der Waals surface area contributed by atoms with Crippen LogP contribution in [0.2, 0.25) is 0 Å². The summed E-state index contributed by atoms with van der Waals surface area (Å²) in [5, 5.41) is 0. The van der Waals surface area contributed by atoms with E-state index in [1.807, 2.05) is 18.2 Å². The first-order valence-corrected chi connectivity index (χ1v) is 5.67. The number of para-hydroxylation sites is 1. The number of ether oxygens (including phenoxy) is 2. The summed E-state index contributed by atoms with van der Waals surface area (Å²) in [6, 6.07) is 7.22. The fraction of sp³-hybridized carbons (Fsp3) is 0.357. The fourth-order valence-corrected chi connectivity index (χ4v) is 1.36. The van der Waals surface area contributed by atoms with E-state index in [-0.39, 0.29) is 5.78 Å². The van der Waals surface area contributed by atoms with Gasteiger partial charge in [-0.25, -0.2) is 0 Å². The summed E-state index contributed by atoms with van der Waals surface area (Å²) in [4.78, 5) is 11.3. The van der Waals surface area contributed by atoms with Gasteiger partial charge in [0, 0.05) is 0 Å². The minimum Gasteiger partial charge on any atom is -0.490 e. The normalized spacial score (nSPS) is 9.94. The van der Waals surface area contributed by atoms with Gasteiger partial charge in [0.05, 0.1) is 18.8 Å². The van der Waals surface area contributed by atoms with Crippen molar-refractivity contribution in [2.24, 2.45) is 0 Å². The smallest absolute Gasteiger partial charge is 0.163 e. The molecule has 0 aliphatic carbocycles. The molecular weight excluding hydrogens is 216 g/mol. The number of carbonyl (C=O) groups is 1. The molecule has 1 rings (SSSR count). The molecule has 0 saturated heterocycles. The van der Waals surface area contributed by atoms with E-state index in [0.717, 1.165) is 6.42 Å². The maximum absolute atomic E-state index is 11.3. The number of ketones is 1. The van der Waals surface area contributed by atoms with Crippen LogP contribution in [0.5, 0.6) is 5.75 Å². The SMILES string of the molecule is C=CCCOCCOc1ccccc1C(C)=O. The van der Waals surface area contributed by atoms with Crippen LogP contribution in [0.25, 0.3) is 0 Å². The van der Waals surface area contributed by atoms with E-state index in [1.165, 1.54) is 6.92 Å². The maximum Gasteiger partial charge on any atom is 0.163 e. The monoisotopic (exact) mass is 234 g/mol. The molecule has 0 saturated carbocycles. The highest BCUT2D eigenvalue weighted by molar-refractivity contribution is 5.96. The van der Waals surface area contributed by atoms with E-state index in [0.29, 0.717) is 31.1 Å². The molecule has 0 spiro atoms. The van der Waals surface area contributed by atoms with Crippen LogP contribution in [0.3, 0.4) is 0 Å². The van der Waals surface area contributed by atoms with Crippen LogP contribution >= 0.6 is 0 Å². The summed E-state index contributed by atoms with van der Waals surface area (Å²) in [7, 11) is 0. The molecule has 17 heavy (non-hydrogen) atoms. The topological polar surface area (TPSA) is 35.5 Å². The Kier molecular flexibility index (Phi) is 6.04. The van der Waals surface area contributed by atoms with Gasteiger partial charge in [0.2, 0.25) is 0 Å². The van der Waals surface area contributed by atoms with Crippen LogP contribution in [-0.2, 0) is 4.74 Å². The Hall–Kier alpha value is -1.61. The molecule has 0 fully saturated rings. The highest BCUT2D eigenvalue weighted by Crippen LogP contribution is 2.18. The maximum atomic E-state index is 11.3. The second-order valence-electron chi connectivity index (χ2n) is 3.59. The van der Waals surface area contributed by atoms with Crippen molar-refractivity contribution in [2.75, 3.05) is 19.8 Å². The van der Waals surface area contributed by atoms with Crippen LogP contribution in [0.4, 0.5) is 0 Å². The van der Waals surface area contributed by atoms with Crippen molar-refractivity contribution in [1.82, 2.24) is 0 Å². The Morgan fingerprint density at radius 2 is 2.06 bits per heavy atom. The third-order valence-corrected chi connectivity index (χ3v) is 2.22. The van der Waals surface area contributed by atoms with Crippen LogP contribution in [-0.4, -0.2) is 25.6 Å². The lowest BCUT2D eigenvalue weighted by molar-refractivity contribution is 0.0975. The number of rotatable bonds is 8. The summed E-state index contributed by atoms with van der Waals surface area (Å²) in [6.07, 6.45) is 2.65. The van der Waals surface area contributed by atoms with E-state index in [1.54, 1.807) is 12.1 Å². The third kappa shape index (κ3) is 4.83. The molecule has 0 aliphatic heterocycles. The van der Waals surface area contributed by atoms with Gasteiger partial charge >= 0.3 is 0 Å². The minimum atomic E-state index is 0.00757. The predicted octanol–water partition coefficient (Wildman–Crippen LogP) is 2.86. The lowest BCUT2D eigenvalue weighted by atomic mass is 10.1. The molecule has 3 nitrogen and oxygen atoms in total. The second kappa shape index (κ2) is 7.63. The summed E-state index contributed by atoms with van der Waals surface area (Å²) in [5.74, 6) is 0.625. The van der Waals surface area contributed by atoms with E-state index in [2.05, 4.69) is 6.58 Å². The quantitative estimate of drug-likeness (QED) is 0.394. The number of hydrogen-bond acceptors (Lipinski definition) is 3. The van der Waals surface area contributed by atoms with Crippen molar-refractivity contribution in [2.45, 2.75) is 13.3 Å². The van der Waals surface area contributed by atoms with Crippen molar-refractivity contribution in [3.63, 3.8) is 0 Å². The first-order valence-electron chi connectivity index (χ1n) is 5.67. The molecule has 92 valence electrons. The molecule has 0 atom stereocenters. The van der Waals surface area contributed by atoms with Gasteiger partial charge in [-0.05, 0) is 25.5 Å². The Morgan fingerprint density at radius 1 is 1.29 bits per heavy atom. The minimum absolute atomic E-state index is 0.00757. The van der Waals surface area contributed by atoms with Gasteiger partial charge < -0.3 is 9.47 Å². The zero-order valence-electron chi connectivity index (χ0n) is 10.1. The largest absolute Gasteiger partial charge is 0.490 e. The predicted molar refractivity (Wildman–Crippen MR) is 67.6 cm³/mol. The van der Waals surface area contributed by atoms with E-state index >= 15 is 0 Å². The second-order valence-corrected chi connectivity index (χ2v) is 3.59. The number of hydrogen-bond donors (Lipinski definition) is 0. The first kappa shape index (κ1) is 13.5. The van der Waals surface area contributed by atoms with E-state index < -0.39 is 0 Å². The van der Waals surface area contributed by atoms with Crippen LogP contribution in [0, 0.1) is 0 Å². The van der Waals surface area contributed by atoms with Crippen LogP contribution in [0.1, 0.15) is 23.7 Å². The lowest BCUT2D eigenvalue weighted by Crippen LogP contribution is -2.09. The van der Waals surface area contributed by atoms with Gasteiger partial charge in [-0.2, -0.15) is 0 Å². The molecular formula is C14H18O3. The molecule has 0 unspecified atom stereocenters.